The standard InChI is InChI=1S/C13H22ClN3/c1-9(2)11-15-16-12(14)17(11)10-7-5-6-8-13(10,3)4/h9-10H,5-8H2,1-4H3. The topological polar surface area (TPSA) is 30.7 Å². The zero-order valence-corrected chi connectivity index (χ0v) is 12.0. The molecular weight excluding hydrogens is 234 g/mol. The van der Waals surface area contributed by atoms with Gasteiger partial charge in [-0.3, -0.25) is 4.57 Å². The predicted octanol–water partition coefficient (Wildman–Crippen LogP) is 4.20. The highest BCUT2D eigenvalue weighted by Gasteiger charge is 2.36. The number of halogens is 1. The van der Waals surface area contributed by atoms with Gasteiger partial charge < -0.3 is 0 Å². The minimum atomic E-state index is 0.286. The van der Waals surface area contributed by atoms with E-state index >= 15 is 0 Å². The Labute approximate surface area is 109 Å². The minimum absolute atomic E-state index is 0.286. The Morgan fingerprint density at radius 2 is 2.00 bits per heavy atom. The zero-order valence-electron chi connectivity index (χ0n) is 11.2. The number of hydrogen-bond acceptors (Lipinski definition) is 2. The molecule has 1 saturated carbocycles. The predicted molar refractivity (Wildman–Crippen MR) is 70.4 cm³/mol. The molecule has 1 aliphatic carbocycles. The smallest absolute Gasteiger partial charge is 0.225 e. The Kier molecular flexibility index (Phi) is 3.48. The minimum Gasteiger partial charge on any atom is -0.298 e. The van der Waals surface area contributed by atoms with Crippen molar-refractivity contribution in [1.29, 1.82) is 0 Å². The van der Waals surface area contributed by atoms with Crippen molar-refractivity contribution in [2.45, 2.75) is 65.3 Å². The lowest BCUT2D eigenvalue weighted by Crippen LogP contribution is -2.31. The van der Waals surface area contributed by atoms with Gasteiger partial charge in [-0.1, -0.05) is 40.5 Å². The third-order valence-electron chi connectivity index (χ3n) is 3.96. The molecule has 0 radical (unpaired) electrons. The first kappa shape index (κ1) is 12.9. The average Bonchev–Trinajstić information content (AvgIpc) is 2.60. The molecule has 1 fully saturated rings. The van der Waals surface area contributed by atoms with Crippen LogP contribution in [-0.2, 0) is 0 Å². The SMILES string of the molecule is CC(C)c1nnc(Cl)n1C1CCCCC1(C)C. The van der Waals surface area contributed by atoms with Crippen LogP contribution in [0.25, 0.3) is 0 Å². The highest BCUT2D eigenvalue weighted by atomic mass is 35.5. The van der Waals surface area contributed by atoms with Crippen LogP contribution in [0, 0.1) is 5.41 Å². The van der Waals surface area contributed by atoms with E-state index in [1.54, 1.807) is 0 Å². The monoisotopic (exact) mass is 255 g/mol. The van der Waals surface area contributed by atoms with Gasteiger partial charge in [-0.2, -0.15) is 0 Å². The van der Waals surface area contributed by atoms with Crippen molar-refractivity contribution in [3.63, 3.8) is 0 Å². The lowest BCUT2D eigenvalue weighted by Gasteiger charge is -2.40. The average molecular weight is 256 g/mol. The van der Waals surface area contributed by atoms with Crippen molar-refractivity contribution in [3.05, 3.63) is 11.1 Å². The second-order valence-electron chi connectivity index (χ2n) is 6.10. The van der Waals surface area contributed by atoms with E-state index in [2.05, 4.69) is 42.5 Å². The van der Waals surface area contributed by atoms with Crippen molar-refractivity contribution in [2.75, 3.05) is 0 Å². The molecule has 2 rings (SSSR count). The molecule has 4 heteroatoms. The quantitative estimate of drug-likeness (QED) is 0.793. The second kappa shape index (κ2) is 4.60. The lowest BCUT2D eigenvalue weighted by molar-refractivity contribution is 0.140. The first-order valence-electron chi connectivity index (χ1n) is 6.54. The lowest BCUT2D eigenvalue weighted by atomic mass is 9.73. The number of nitrogens with zero attached hydrogens (tertiary/aromatic N) is 3. The maximum Gasteiger partial charge on any atom is 0.225 e. The molecule has 0 aliphatic heterocycles. The molecule has 1 aromatic rings. The molecule has 1 aliphatic rings. The van der Waals surface area contributed by atoms with Gasteiger partial charge >= 0.3 is 0 Å². The molecule has 96 valence electrons. The molecule has 3 nitrogen and oxygen atoms in total. The van der Waals surface area contributed by atoms with E-state index in [-0.39, 0.29) is 5.41 Å². The Bertz CT molecular complexity index is 395. The van der Waals surface area contributed by atoms with E-state index in [1.165, 1.54) is 25.7 Å². The molecular formula is C13H22ClN3. The van der Waals surface area contributed by atoms with E-state index in [1.807, 2.05) is 0 Å². The van der Waals surface area contributed by atoms with Gasteiger partial charge in [0.05, 0.1) is 0 Å². The van der Waals surface area contributed by atoms with Gasteiger partial charge in [-0.25, -0.2) is 0 Å². The van der Waals surface area contributed by atoms with Gasteiger partial charge in [0.1, 0.15) is 5.82 Å². The first-order chi connectivity index (χ1) is 7.93. The summed E-state index contributed by atoms with van der Waals surface area (Å²) in [6, 6.07) is 0.441. The molecule has 17 heavy (non-hydrogen) atoms. The third-order valence-corrected chi connectivity index (χ3v) is 4.22. The summed E-state index contributed by atoms with van der Waals surface area (Å²) >= 11 is 6.24. The molecule has 0 N–H and O–H groups in total. The summed E-state index contributed by atoms with van der Waals surface area (Å²) in [6.45, 7) is 8.95. The molecule has 1 aromatic heterocycles. The van der Waals surface area contributed by atoms with Crippen molar-refractivity contribution in [2.24, 2.45) is 5.41 Å². The number of aromatic nitrogens is 3. The van der Waals surface area contributed by atoms with E-state index in [0.717, 1.165) is 5.82 Å². The highest BCUT2D eigenvalue weighted by molar-refractivity contribution is 6.28. The van der Waals surface area contributed by atoms with Crippen LogP contribution < -0.4 is 0 Å². The van der Waals surface area contributed by atoms with Crippen molar-refractivity contribution < 1.29 is 0 Å². The fourth-order valence-electron chi connectivity index (χ4n) is 2.92. The Hall–Kier alpha value is -0.570. The number of hydrogen-bond donors (Lipinski definition) is 0. The summed E-state index contributed by atoms with van der Waals surface area (Å²) in [5, 5.41) is 8.84. The van der Waals surface area contributed by atoms with Crippen LogP contribution in [0.5, 0.6) is 0 Å². The second-order valence-corrected chi connectivity index (χ2v) is 6.44. The summed E-state index contributed by atoms with van der Waals surface area (Å²) < 4.78 is 2.17. The van der Waals surface area contributed by atoms with Gasteiger partial charge in [0, 0.05) is 12.0 Å². The normalized spacial score (nSPS) is 24.2. The van der Waals surface area contributed by atoms with Crippen molar-refractivity contribution in [3.8, 4) is 0 Å². The fraction of sp³-hybridized carbons (Fsp3) is 0.846. The molecule has 0 saturated heterocycles. The van der Waals surface area contributed by atoms with Crippen LogP contribution in [0.1, 0.15) is 71.2 Å². The fourth-order valence-corrected chi connectivity index (χ4v) is 3.16. The maximum atomic E-state index is 6.24. The summed E-state index contributed by atoms with van der Waals surface area (Å²) in [5.74, 6) is 1.39. The number of rotatable bonds is 2. The Morgan fingerprint density at radius 1 is 1.29 bits per heavy atom. The van der Waals surface area contributed by atoms with Gasteiger partial charge in [-0.15, -0.1) is 10.2 Å². The zero-order chi connectivity index (χ0) is 12.6. The molecule has 0 bridgehead atoms. The van der Waals surface area contributed by atoms with Gasteiger partial charge in [0.2, 0.25) is 5.28 Å². The molecule has 0 amide bonds. The van der Waals surface area contributed by atoms with Crippen molar-refractivity contribution >= 4 is 11.6 Å². The molecule has 1 atom stereocenters. The summed E-state index contributed by atoms with van der Waals surface area (Å²) in [6.07, 6.45) is 5.04. The van der Waals surface area contributed by atoms with Crippen LogP contribution in [0.15, 0.2) is 0 Å². The van der Waals surface area contributed by atoms with Gasteiger partial charge in [0.15, 0.2) is 0 Å². The van der Waals surface area contributed by atoms with E-state index in [4.69, 9.17) is 11.6 Å². The molecule has 1 heterocycles. The van der Waals surface area contributed by atoms with Crippen molar-refractivity contribution in [1.82, 2.24) is 14.8 Å². The van der Waals surface area contributed by atoms with Gasteiger partial charge in [0.25, 0.3) is 0 Å². The molecule has 0 aromatic carbocycles. The van der Waals surface area contributed by atoms with Crippen LogP contribution in [0.4, 0.5) is 0 Å². The summed E-state index contributed by atoms with van der Waals surface area (Å²) in [5.41, 5.74) is 0.286. The van der Waals surface area contributed by atoms with Crippen LogP contribution >= 0.6 is 11.6 Å². The molecule has 0 spiro atoms. The van der Waals surface area contributed by atoms with E-state index < -0.39 is 0 Å². The van der Waals surface area contributed by atoms with Crippen LogP contribution in [0.3, 0.4) is 0 Å². The first-order valence-corrected chi connectivity index (χ1v) is 6.91. The third kappa shape index (κ3) is 2.35. The van der Waals surface area contributed by atoms with Gasteiger partial charge in [-0.05, 0) is 29.9 Å². The summed E-state index contributed by atoms with van der Waals surface area (Å²) in [4.78, 5) is 0. The van der Waals surface area contributed by atoms with E-state index in [0.29, 0.717) is 17.2 Å². The Balaban J connectivity index is 2.41. The van der Waals surface area contributed by atoms with Crippen LogP contribution in [0.2, 0.25) is 5.28 Å². The summed E-state index contributed by atoms with van der Waals surface area (Å²) in [7, 11) is 0. The Morgan fingerprint density at radius 3 is 2.59 bits per heavy atom. The maximum absolute atomic E-state index is 6.24. The highest BCUT2D eigenvalue weighted by Crippen LogP contribution is 2.45. The largest absolute Gasteiger partial charge is 0.298 e. The molecule has 1 unspecified atom stereocenters. The van der Waals surface area contributed by atoms with E-state index in [9.17, 15) is 0 Å². The van der Waals surface area contributed by atoms with Crippen LogP contribution in [-0.4, -0.2) is 14.8 Å².